The molecule has 0 spiro atoms. The number of carbonyl (C=O) groups is 3. The maximum Gasteiger partial charge on any atom is 0.305 e. The smallest absolute Gasteiger partial charge is 0.305 e. The van der Waals surface area contributed by atoms with Gasteiger partial charge in [-0.2, -0.15) is 0 Å². The van der Waals surface area contributed by atoms with E-state index in [9.17, 15) is 14.4 Å². The molecule has 152 valence electrons. The van der Waals surface area contributed by atoms with Crippen molar-refractivity contribution in [1.29, 1.82) is 0 Å². The second-order valence-electron chi connectivity index (χ2n) is 4.41. The van der Waals surface area contributed by atoms with Gasteiger partial charge in [-0.25, -0.2) is 0 Å². The summed E-state index contributed by atoms with van der Waals surface area (Å²) in [6.07, 6.45) is 5.17. The SMILES string of the molecule is C.COCCC(Br)C=O.COCCCC(=O)OC.COCCCC=O. The Kier molecular flexibility index (Phi) is 39.5. The van der Waals surface area contributed by atoms with Crippen LogP contribution in [0, 0.1) is 0 Å². The number of unbranched alkanes of at least 4 members (excludes halogenated alkanes) is 1. The lowest BCUT2D eigenvalue weighted by Gasteiger charge is -1.97. The molecule has 0 aliphatic rings. The number of aldehydes is 2. The number of halogens is 1. The van der Waals surface area contributed by atoms with Crippen LogP contribution in [-0.4, -0.2) is 71.6 Å². The highest BCUT2D eigenvalue weighted by molar-refractivity contribution is 9.09. The molecule has 0 aliphatic heterocycles. The molecule has 7 nitrogen and oxygen atoms in total. The van der Waals surface area contributed by atoms with Crippen molar-refractivity contribution in [1.82, 2.24) is 0 Å². The first kappa shape index (κ1) is 31.9. The molecule has 0 saturated carbocycles. The van der Waals surface area contributed by atoms with Crippen molar-refractivity contribution in [2.24, 2.45) is 0 Å². The van der Waals surface area contributed by atoms with Crippen LogP contribution in [0.1, 0.15) is 39.5 Å². The maximum atomic E-state index is 10.4. The van der Waals surface area contributed by atoms with E-state index in [1.807, 2.05) is 0 Å². The molecule has 1 unspecified atom stereocenters. The minimum absolute atomic E-state index is 0. The van der Waals surface area contributed by atoms with Crippen molar-refractivity contribution in [2.45, 2.75) is 44.4 Å². The highest BCUT2D eigenvalue weighted by Gasteiger charge is 1.98. The van der Waals surface area contributed by atoms with E-state index in [4.69, 9.17) is 9.47 Å². The lowest BCUT2D eigenvalue weighted by atomic mass is 10.3. The lowest BCUT2D eigenvalue weighted by Crippen LogP contribution is -2.02. The Morgan fingerprint density at radius 2 is 1.48 bits per heavy atom. The van der Waals surface area contributed by atoms with Crippen LogP contribution < -0.4 is 0 Å². The van der Waals surface area contributed by atoms with Crippen LogP contribution in [0.2, 0.25) is 0 Å². The van der Waals surface area contributed by atoms with Crippen LogP contribution in [0.25, 0.3) is 0 Å². The van der Waals surface area contributed by atoms with Gasteiger partial charge in [0.15, 0.2) is 0 Å². The number of rotatable bonds is 12. The highest BCUT2D eigenvalue weighted by Crippen LogP contribution is 1.99. The highest BCUT2D eigenvalue weighted by atomic mass is 79.9. The molecule has 0 N–H and O–H groups in total. The molecule has 0 aromatic rings. The third kappa shape index (κ3) is 39.7. The average Bonchev–Trinajstić information content (AvgIpc) is 2.61. The zero-order valence-corrected chi connectivity index (χ0v) is 16.7. The minimum atomic E-state index is -0.174. The molecule has 0 rings (SSSR count). The first-order chi connectivity index (χ1) is 11.5. The molecule has 1 atom stereocenters. The minimum Gasteiger partial charge on any atom is -0.469 e. The Hall–Kier alpha value is -0.830. The van der Waals surface area contributed by atoms with E-state index in [1.54, 1.807) is 21.3 Å². The molecule has 0 fully saturated rings. The van der Waals surface area contributed by atoms with Gasteiger partial charge in [0.1, 0.15) is 12.6 Å². The Morgan fingerprint density at radius 1 is 0.960 bits per heavy atom. The van der Waals surface area contributed by atoms with E-state index in [1.165, 1.54) is 7.11 Å². The summed E-state index contributed by atoms with van der Waals surface area (Å²) in [5.74, 6) is -0.174. The van der Waals surface area contributed by atoms with Gasteiger partial charge in [-0.15, -0.1) is 0 Å². The molecule has 0 radical (unpaired) electrons. The van der Waals surface area contributed by atoms with Crippen molar-refractivity contribution in [3.63, 3.8) is 0 Å². The summed E-state index contributed by atoms with van der Waals surface area (Å²) in [5, 5.41) is 0. The molecular weight excluding hydrogens is 396 g/mol. The van der Waals surface area contributed by atoms with Crippen molar-refractivity contribution in [3.05, 3.63) is 0 Å². The molecule has 0 bridgehead atoms. The molecular formula is C17H35BrO7. The molecule has 0 aromatic carbocycles. The van der Waals surface area contributed by atoms with Crippen molar-refractivity contribution >= 4 is 34.5 Å². The predicted octanol–water partition coefficient (Wildman–Crippen LogP) is 2.82. The van der Waals surface area contributed by atoms with Gasteiger partial charge in [-0.05, 0) is 19.3 Å². The monoisotopic (exact) mass is 430 g/mol. The quantitative estimate of drug-likeness (QED) is 0.203. The molecule has 0 aromatic heterocycles. The fourth-order valence-corrected chi connectivity index (χ4v) is 1.26. The van der Waals surface area contributed by atoms with Crippen LogP contribution >= 0.6 is 15.9 Å². The second kappa shape index (κ2) is 31.0. The van der Waals surface area contributed by atoms with Gasteiger partial charge >= 0.3 is 5.97 Å². The Morgan fingerprint density at radius 3 is 1.88 bits per heavy atom. The summed E-state index contributed by atoms with van der Waals surface area (Å²) in [4.78, 5) is 29.9. The Labute approximate surface area is 160 Å². The van der Waals surface area contributed by atoms with Gasteiger partial charge in [0.2, 0.25) is 0 Å². The molecule has 8 heteroatoms. The molecule has 25 heavy (non-hydrogen) atoms. The number of esters is 1. The van der Waals surface area contributed by atoms with E-state index in [0.29, 0.717) is 32.7 Å². The van der Waals surface area contributed by atoms with Gasteiger partial charge in [0, 0.05) is 54.0 Å². The Bertz CT molecular complexity index is 276. The lowest BCUT2D eigenvalue weighted by molar-refractivity contribution is -0.140. The van der Waals surface area contributed by atoms with Crippen molar-refractivity contribution < 1.29 is 33.3 Å². The normalized spacial score (nSPS) is 9.96. The first-order valence-corrected chi connectivity index (χ1v) is 8.52. The number of methoxy groups -OCH3 is 4. The first-order valence-electron chi connectivity index (χ1n) is 7.60. The van der Waals surface area contributed by atoms with E-state index < -0.39 is 0 Å². The number of ether oxygens (including phenoxy) is 4. The topological polar surface area (TPSA) is 88.1 Å². The van der Waals surface area contributed by atoms with E-state index in [-0.39, 0.29) is 18.2 Å². The average molecular weight is 431 g/mol. The van der Waals surface area contributed by atoms with Gasteiger partial charge < -0.3 is 28.5 Å². The third-order valence-electron chi connectivity index (χ3n) is 2.37. The summed E-state index contributed by atoms with van der Waals surface area (Å²) >= 11 is 3.13. The van der Waals surface area contributed by atoms with Crippen LogP contribution in [-0.2, 0) is 33.3 Å². The number of hydrogen-bond donors (Lipinski definition) is 0. The number of carbonyl (C=O) groups excluding carboxylic acids is 3. The summed E-state index contributed by atoms with van der Waals surface area (Å²) in [5.41, 5.74) is 0. The summed E-state index contributed by atoms with van der Waals surface area (Å²) in [6.45, 7) is 1.95. The Balaban J connectivity index is -0.000000131. The summed E-state index contributed by atoms with van der Waals surface area (Å²) in [7, 11) is 6.24. The second-order valence-corrected chi connectivity index (χ2v) is 5.58. The van der Waals surface area contributed by atoms with Gasteiger partial charge in [-0.3, -0.25) is 4.79 Å². The molecule has 0 aliphatic carbocycles. The maximum absolute atomic E-state index is 10.4. The van der Waals surface area contributed by atoms with Gasteiger partial charge in [-0.1, -0.05) is 23.4 Å². The van der Waals surface area contributed by atoms with Gasteiger partial charge in [0.05, 0.1) is 11.9 Å². The van der Waals surface area contributed by atoms with Crippen molar-refractivity contribution in [2.75, 3.05) is 48.3 Å². The van der Waals surface area contributed by atoms with Crippen LogP contribution in [0.15, 0.2) is 0 Å². The van der Waals surface area contributed by atoms with Crippen molar-refractivity contribution in [3.8, 4) is 0 Å². The van der Waals surface area contributed by atoms with Crippen LogP contribution in [0.3, 0.4) is 0 Å². The largest absolute Gasteiger partial charge is 0.469 e. The third-order valence-corrected chi connectivity index (χ3v) is 3.05. The van der Waals surface area contributed by atoms with Crippen LogP contribution in [0.5, 0.6) is 0 Å². The van der Waals surface area contributed by atoms with Gasteiger partial charge in [0.25, 0.3) is 0 Å². The number of hydrogen-bond acceptors (Lipinski definition) is 7. The fraction of sp³-hybridized carbons (Fsp3) is 0.824. The van der Waals surface area contributed by atoms with Crippen LogP contribution in [0.4, 0.5) is 0 Å². The molecule has 0 amide bonds. The zero-order valence-electron chi connectivity index (χ0n) is 15.1. The molecule has 0 saturated heterocycles. The number of alkyl halides is 1. The van der Waals surface area contributed by atoms with E-state index >= 15 is 0 Å². The fourth-order valence-electron chi connectivity index (χ4n) is 1.07. The summed E-state index contributed by atoms with van der Waals surface area (Å²) < 4.78 is 18.5. The van der Waals surface area contributed by atoms with E-state index in [2.05, 4.69) is 25.4 Å². The summed E-state index contributed by atoms with van der Waals surface area (Å²) in [6, 6.07) is 0. The predicted molar refractivity (Wildman–Crippen MR) is 102 cm³/mol. The van der Waals surface area contributed by atoms with E-state index in [0.717, 1.165) is 31.8 Å². The zero-order chi connectivity index (χ0) is 19.1. The molecule has 0 heterocycles. The standard InChI is InChI=1S/C6H12O3.C5H9BrO2.C5H10O2.CH4/c1-8-5-3-4-6(7)9-2;1-8-3-2-5(6)4-7;1-7-5-3-2-4-6;/h3-5H2,1-2H3;4-5H,2-3H2,1H3;4H,2-3,5H2,1H3;1H4.